The molecule has 3 N–H and O–H groups in total. The van der Waals surface area contributed by atoms with Crippen LogP contribution in [0.3, 0.4) is 0 Å². The van der Waals surface area contributed by atoms with E-state index in [1.54, 1.807) is 22.9 Å². The topological polar surface area (TPSA) is 104 Å². The SMILES string of the molecule is O=C1CC(c2ccccc2C(=O)O)c2c(n(C3CCCCC3)[nH]c2=O)N1. The molecule has 2 aromatic rings. The summed E-state index contributed by atoms with van der Waals surface area (Å²) < 4.78 is 1.80. The Balaban J connectivity index is 1.84. The summed E-state index contributed by atoms with van der Waals surface area (Å²) in [5, 5.41) is 15.2. The van der Waals surface area contributed by atoms with E-state index < -0.39 is 11.9 Å². The van der Waals surface area contributed by atoms with Crippen molar-refractivity contribution in [1.29, 1.82) is 0 Å². The number of aromatic amines is 1. The number of H-pyrrole nitrogens is 1. The fourth-order valence-corrected chi connectivity index (χ4v) is 4.26. The molecule has 4 rings (SSSR count). The minimum Gasteiger partial charge on any atom is -0.478 e. The average Bonchev–Trinajstić information content (AvgIpc) is 2.98. The van der Waals surface area contributed by atoms with Gasteiger partial charge in [0.15, 0.2) is 0 Å². The Morgan fingerprint density at radius 2 is 1.85 bits per heavy atom. The number of nitrogens with zero attached hydrogens (tertiary/aromatic N) is 1. The maximum absolute atomic E-state index is 12.7. The molecule has 1 amide bonds. The van der Waals surface area contributed by atoms with E-state index in [1.165, 1.54) is 12.5 Å². The lowest BCUT2D eigenvalue weighted by Crippen LogP contribution is -2.28. The third kappa shape index (κ3) is 2.73. The van der Waals surface area contributed by atoms with Gasteiger partial charge in [0.1, 0.15) is 5.82 Å². The highest BCUT2D eigenvalue weighted by atomic mass is 16.4. The average molecular weight is 355 g/mol. The van der Waals surface area contributed by atoms with Crippen LogP contribution in [-0.2, 0) is 4.79 Å². The first-order valence-electron chi connectivity index (χ1n) is 9.02. The van der Waals surface area contributed by atoms with Crippen LogP contribution in [0.15, 0.2) is 29.1 Å². The Bertz CT molecular complexity index is 921. The molecule has 1 atom stereocenters. The van der Waals surface area contributed by atoms with E-state index in [-0.39, 0.29) is 29.5 Å². The molecule has 1 aliphatic carbocycles. The lowest BCUT2D eigenvalue weighted by Gasteiger charge is -2.28. The molecule has 1 aromatic carbocycles. The van der Waals surface area contributed by atoms with Crippen molar-refractivity contribution in [1.82, 2.24) is 9.78 Å². The molecule has 2 aliphatic rings. The Morgan fingerprint density at radius 3 is 2.58 bits per heavy atom. The van der Waals surface area contributed by atoms with Gasteiger partial charge in [0.05, 0.1) is 17.2 Å². The lowest BCUT2D eigenvalue weighted by atomic mass is 9.84. The van der Waals surface area contributed by atoms with Gasteiger partial charge in [0, 0.05) is 12.3 Å². The van der Waals surface area contributed by atoms with Crippen molar-refractivity contribution in [3.8, 4) is 0 Å². The minimum absolute atomic E-state index is 0.0645. The van der Waals surface area contributed by atoms with Crippen LogP contribution in [0.4, 0.5) is 5.82 Å². The van der Waals surface area contributed by atoms with Crippen LogP contribution in [0, 0.1) is 0 Å². The number of aromatic carboxylic acids is 1. The van der Waals surface area contributed by atoms with E-state index in [0.29, 0.717) is 16.9 Å². The number of fused-ring (bicyclic) bond motifs is 1. The molecule has 0 bridgehead atoms. The molecular weight excluding hydrogens is 334 g/mol. The quantitative estimate of drug-likeness (QED) is 0.787. The summed E-state index contributed by atoms with van der Waals surface area (Å²) in [6.45, 7) is 0. The summed E-state index contributed by atoms with van der Waals surface area (Å²) in [6.07, 6.45) is 5.37. The fraction of sp³-hybridized carbons (Fsp3) is 0.421. The zero-order valence-corrected chi connectivity index (χ0v) is 14.3. The van der Waals surface area contributed by atoms with E-state index in [0.717, 1.165) is 25.7 Å². The van der Waals surface area contributed by atoms with E-state index in [9.17, 15) is 19.5 Å². The molecule has 0 spiro atoms. The number of carboxylic acids is 1. The molecule has 7 nitrogen and oxygen atoms in total. The minimum atomic E-state index is -1.06. The first-order chi connectivity index (χ1) is 12.6. The number of amides is 1. The number of hydrogen-bond acceptors (Lipinski definition) is 3. The van der Waals surface area contributed by atoms with Crippen LogP contribution in [-0.4, -0.2) is 26.8 Å². The summed E-state index contributed by atoms with van der Waals surface area (Å²) >= 11 is 0. The number of anilines is 1. The van der Waals surface area contributed by atoms with Gasteiger partial charge in [-0.1, -0.05) is 37.5 Å². The van der Waals surface area contributed by atoms with Crippen molar-refractivity contribution in [3.63, 3.8) is 0 Å². The molecule has 1 aliphatic heterocycles. The molecule has 0 saturated heterocycles. The third-order valence-electron chi connectivity index (χ3n) is 5.46. The van der Waals surface area contributed by atoms with Crippen LogP contribution in [0.25, 0.3) is 0 Å². The molecule has 26 heavy (non-hydrogen) atoms. The van der Waals surface area contributed by atoms with Gasteiger partial charge in [-0.3, -0.25) is 19.4 Å². The summed E-state index contributed by atoms with van der Waals surface area (Å²) in [6, 6.07) is 6.74. The second-order valence-corrected chi connectivity index (χ2v) is 7.06. The highest BCUT2D eigenvalue weighted by Gasteiger charge is 2.35. The van der Waals surface area contributed by atoms with Gasteiger partial charge in [-0.25, -0.2) is 4.79 Å². The number of rotatable bonds is 3. The van der Waals surface area contributed by atoms with E-state index >= 15 is 0 Å². The predicted molar refractivity (Wildman–Crippen MR) is 95.7 cm³/mol. The monoisotopic (exact) mass is 355 g/mol. The Hall–Kier alpha value is -2.83. The summed E-state index contributed by atoms with van der Waals surface area (Å²) in [5.74, 6) is -1.31. The van der Waals surface area contributed by atoms with Gasteiger partial charge in [-0.05, 0) is 24.5 Å². The van der Waals surface area contributed by atoms with Crippen molar-refractivity contribution in [2.24, 2.45) is 0 Å². The number of carboxylic acid groups (broad SMARTS) is 1. The molecule has 1 saturated carbocycles. The zero-order chi connectivity index (χ0) is 18.3. The molecule has 2 heterocycles. The Morgan fingerprint density at radius 1 is 1.12 bits per heavy atom. The molecule has 0 radical (unpaired) electrons. The maximum atomic E-state index is 12.7. The molecule has 136 valence electrons. The number of hydrogen-bond donors (Lipinski definition) is 3. The second-order valence-electron chi connectivity index (χ2n) is 7.06. The Kier molecular flexibility index (Phi) is 4.14. The van der Waals surface area contributed by atoms with E-state index in [4.69, 9.17) is 0 Å². The third-order valence-corrected chi connectivity index (χ3v) is 5.46. The molecule has 7 heteroatoms. The molecule has 1 unspecified atom stereocenters. The number of benzene rings is 1. The molecule has 1 fully saturated rings. The normalized spacial score (nSPS) is 20.5. The van der Waals surface area contributed by atoms with Crippen LogP contribution in [0.2, 0.25) is 0 Å². The number of nitrogens with one attached hydrogen (secondary N) is 2. The van der Waals surface area contributed by atoms with Gasteiger partial charge < -0.3 is 10.4 Å². The van der Waals surface area contributed by atoms with E-state index in [2.05, 4.69) is 10.4 Å². The van der Waals surface area contributed by atoms with Crippen molar-refractivity contribution in [3.05, 3.63) is 51.3 Å². The smallest absolute Gasteiger partial charge is 0.335 e. The van der Waals surface area contributed by atoms with E-state index in [1.807, 2.05) is 0 Å². The van der Waals surface area contributed by atoms with Crippen molar-refractivity contribution in [2.75, 3.05) is 5.32 Å². The number of carbonyl (C=O) groups is 2. The van der Waals surface area contributed by atoms with Crippen LogP contribution < -0.4 is 10.9 Å². The summed E-state index contributed by atoms with van der Waals surface area (Å²) in [5.41, 5.74) is 0.839. The van der Waals surface area contributed by atoms with Gasteiger partial charge in [0.2, 0.25) is 5.91 Å². The first-order valence-corrected chi connectivity index (χ1v) is 9.02. The maximum Gasteiger partial charge on any atom is 0.335 e. The summed E-state index contributed by atoms with van der Waals surface area (Å²) in [4.78, 5) is 36.7. The number of carbonyl (C=O) groups excluding carboxylic acids is 1. The van der Waals surface area contributed by atoms with Crippen LogP contribution >= 0.6 is 0 Å². The van der Waals surface area contributed by atoms with Gasteiger partial charge in [-0.15, -0.1) is 0 Å². The van der Waals surface area contributed by atoms with Gasteiger partial charge in [0.25, 0.3) is 5.56 Å². The zero-order valence-electron chi connectivity index (χ0n) is 14.3. The van der Waals surface area contributed by atoms with Crippen LogP contribution in [0.1, 0.15) is 72.0 Å². The molecular formula is C19H21N3O4. The second kappa shape index (κ2) is 6.48. The largest absolute Gasteiger partial charge is 0.478 e. The van der Waals surface area contributed by atoms with Gasteiger partial charge >= 0.3 is 5.97 Å². The van der Waals surface area contributed by atoms with Crippen molar-refractivity contribution in [2.45, 2.75) is 50.5 Å². The lowest BCUT2D eigenvalue weighted by molar-refractivity contribution is -0.116. The predicted octanol–water partition coefficient (Wildman–Crippen LogP) is 2.85. The molecule has 1 aromatic heterocycles. The Labute approximate surface area is 150 Å². The fourth-order valence-electron chi connectivity index (χ4n) is 4.26. The standard InChI is InChI=1S/C19H21N3O4/c23-15-10-14(12-8-4-5-9-13(12)19(25)26)16-17(20-15)22(21-18(16)24)11-6-2-1-3-7-11/h4-5,8-9,11,14H,1-3,6-7,10H2,(H,20,23)(H,21,24)(H,25,26). The van der Waals surface area contributed by atoms with Crippen molar-refractivity contribution >= 4 is 17.7 Å². The highest BCUT2D eigenvalue weighted by Crippen LogP contribution is 2.39. The van der Waals surface area contributed by atoms with Crippen LogP contribution in [0.5, 0.6) is 0 Å². The highest BCUT2D eigenvalue weighted by molar-refractivity contribution is 5.96. The number of aromatic nitrogens is 2. The first kappa shape index (κ1) is 16.6. The van der Waals surface area contributed by atoms with Crippen molar-refractivity contribution < 1.29 is 14.7 Å². The van der Waals surface area contributed by atoms with Gasteiger partial charge in [-0.2, -0.15) is 0 Å². The summed E-state index contributed by atoms with van der Waals surface area (Å²) in [7, 11) is 0.